The summed E-state index contributed by atoms with van der Waals surface area (Å²) >= 11 is 4.40. The van der Waals surface area contributed by atoms with Crippen LogP contribution in [-0.2, 0) is 0 Å². The standard InChI is InChI=1S/C12H11NS.CH4O/c13-10-7-5-9(6-8-10)11-3-1-2-4-12(11)14;1-2/h1-8,14H,13H2;2H,1H3. The Kier molecular flexibility index (Phi) is 4.89. The van der Waals surface area contributed by atoms with Gasteiger partial charge in [0.05, 0.1) is 0 Å². The smallest absolute Gasteiger partial charge is 0.0319 e. The molecule has 0 heterocycles. The molecule has 0 atom stereocenters. The Labute approximate surface area is 101 Å². The maximum atomic E-state index is 7.00. The summed E-state index contributed by atoms with van der Waals surface area (Å²) in [5.74, 6) is 0. The van der Waals surface area contributed by atoms with Crippen LogP contribution < -0.4 is 5.73 Å². The zero-order valence-electron chi connectivity index (χ0n) is 9.09. The first kappa shape index (κ1) is 12.6. The number of hydrogen-bond donors (Lipinski definition) is 3. The normalized spacial score (nSPS) is 9.19. The summed E-state index contributed by atoms with van der Waals surface area (Å²) in [6.45, 7) is 0. The SMILES string of the molecule is CO.Nc1ccc(-c2ccccc2S)cc1. The van der Waals surface area contributed by atoms with Gasteiger partial charge < -0.3 is 10.8 Å². The number of aliphatic hydroxyl groups is 1. The van der Waals surface area contributed by atoms with Crippen molar-refractivity contribution < 1.29 is 5.11 Å². The van der Waals surface area contributed by atoms with Crippen molar-refractivity contribution in [2.24, 2.45) is 0 Å². The average Bonchev–Trinajstić information content (AvgIpc) is 2.34. The van der Waals surface area contributed by atoms with Gasteiger partial charge in [-0.1, -0.05) is 30.3 Å². The summed E-state index contributed by atoms with van der Waals surface area (Å²) in [6, 6.07) is 15.8. The zero-order chi connectivity index (χ0) is 12.0. The van der Waals surface area contributed by atoms with Crippen LogP contribution in [0.5, 0.6) is 0 Å². The van der Waals surface area contributed by atoms with Crippen LogP contribution >= 0.6 is 12.6 Å². The topological polar surface area (TPSA) is 46.2 Å². The Morgan fingerprint density at radius 2 is 1.50 bits per heavy atom. The fourth-order valence-corrected chi connectivity index (χ4v) is 1.67. The molecule has 0 saturated heterocycles. The first-order chi connectivity index (χ1) is 7.77. The van der Waals surface area contributed by atoms with Crippen LogP contribution in [-0.4, -0.2) is 12.2 Å². The molecule has 0 unspecified atom stereocenters. The Balaban J connectivity index is 0.000000606. The molecule has 0 aliphatic heterocycles. The molecule has 2 aromatic rings. The molecule has 0 bridgehead atoms. The average molecular weight is 233 g/mol. The summed E-state index contributed by atoms with van der Waals surface area (Å²) in [5.41, 5.74) is 8.68. The largest absolute Gasteiger partial charge is 0.400 e. The number of aliphatic hydroxyl groups excluding tert-OH is 1. The van der Waals surface area contributed by atoms with Gasteiger partial charge in [-0.05, 0) is 29.3 Å². The van der Waals surface area contributed by atoms with Gasteiger partial charge in [-0.3, -0.25) is 0 Å². The van der Waals surface area contributed by atoms with Crippen LogP contribution in [0.15, 0.2) is 53.4 Å². The molecular formula is C13H15NOS. The second-order valence-corrected chi connectivity index (χ2v) is 3.62. The zero-order valence-corrected chi connectivity index (χ0v) is 9.99. The summed E-state index contributed by atoms with van der Waals surface area (Å²) in [7, 11) is 1.00. The van der Waals surface area contributed by atoms with Crippen LogP contribution in [0.1, 0.15) is 0 Å². The Bertz CT molecular complexity index is 440. The van der Waals surface area contributed by atoms with Crippen molar-refractivity contribution in [3.05, 3.63) is 48.5 Å². The first-order valence-corrected chi connectivity index (χ1v) is 5.31. The number of benzene rings is 2. The lowest BCUT2D eigenvalue weighted by Gasteiger charge is -2.04. The molecule has 0 radical (unpaired) electrons. The fourth-order valence-electron chi connectivity index (χ4n) is 1.38. The molecule has 2 aromatic carbocycles. The van der Waals surface area contributed by atoms with Gasteiger partial charge in [0.25, 0.3) is 0 Å². The highest BCUT2D eigenvalue weighted by atomic mass is 32.1. The van der Waals surface area contributed by atoms with Crippen molar-refractivity contribution >= 4 is 18.3 Å². The van der Waals surface area contributed by atoms with Gasteiger partial charge in [-0.25, -0.2) is 0 Å². The van der Waals surface area contributed by atoms with E-state index in [0.717, 1.165) is 28.8 Å². The molecule has 0 amide bonds. The fraction of sp³-hybridized carbons (Fsp3) is 0.0769. The van der Waals surface area contributed by atoms with Crippen molar-refractivity contribution in [2.75, 3.05) is 12.8 Å². The molecule has 2 nitrogen and oxygen atoms in total. The minimum Gasteiger partial charge on any atom is -0.400 e. The molecule has 2 rings (SSSR count). The van der Waals surface area contributed by atoms with Crippen molar-refractivity contribution in [1.82, 2.24) is 0 Å². The second kappa shape index (κ2) is 6.20. The van der Waals surface area contributed by atoms with E-state index < -0.39 is 0 Å². The van der Waals surface area contributed by atoms with E-state index in [1.807, 2.05) is 48.5 Å². The van der Waals surface area contributed by atoms with Crippen molar-refractivity contribution in [2.45, 2.75) is 4.90 Å². The third kappa shape index (κ3) is 3.02. The lowest BCUT2D eigenvalue weighted by atomic mass is 10.1. The lowest BCUT2D eigenvalue weighted by molar-refractivity contribution is 0.399. The highest BCUT2D eigenvalue weighted by Gasteiger charge is 1.99. The number of rotatable bonds is 1. The lowest BCUT2D eigenvalue weighted by Crippen LogP contribution is -1.84. The molecule has 3 heteroatoms. The quantitative estimate of drug-likeness (QED) is 0.524. The van der Waals surface area contributed by atoms with Crippen LogP contribution in [0, 0.1) is 0 Å². The predicted molar refractivity (Wildman–Crippen MR) is 71.7 cm³/mol. The van der Waals surface area contributed by atoms with Gasteiger partial charge in [0, 0.05) is 17.7 Å². The summed E-state index contributed by atoms with van der Waals surface area (Å²) in [5, 5.41) is 7.00. The summed E-state index contributed by atoms with van der Waals surface area (Å²) in [4.78, 5) is 0.984. The number of anilines is 1. The molecule has 0 aromatic heterocycles. The van der Waals surface area contributed by atoms with E-state index in [1.165, 1.54) is 0 Å². The number of hydrogen-bond acceptors (Lipinski definition) is 3. The number of nitrogens with two attached hydrogens (primary N) is 1. The minimum atomic E-state index is 0.783. The summed E-state index contributed by atoms with van der Waals surface area (Å²) < 4.78 is 0. The van der Waals surface area contributed by atoms with E-state index in [-0.39, 0.29) is 0 Å². The van der Waals surface area contributed by atoms with Gasteiger partial charge in [-0.2, -0.15) is 0 Å². The maximum absolute atomic E-state index is 7.00. The third-order valence-corrected chi connectivity index (χ3v) is 2.52. The van der Waals surface area contributed by atoms with E-state index in [4.69, 9.17) is 10.8 Å². The molecule has 0 spiro atoms. The van der Waals surface area contributed by atoms with Crippen LogP contribution in [0.25, 0.3) is 11.1 Å². The Morgan fingerprint density at radius 1 is 0.938 bits per heavy atom. The summed E-state index contributed by atoms with van der Waals surface area (Å²) in [6.07, 6.45) is 0. The molecule has 3 N–H and O–H groups in total. The Morgan fingerprint density at radius 3 is 2.06 bits per heavy atom. The Hall–Kier alpha value is -1.45. The van der Waals surface area contributed by atoms with E-state index in [9.17, 15) is 0 Å². The third-order valence-electron chi connectivity index (χ3n) is 2.13. The van der Waals surface area contributed by atoms with E-state index >= 15 is 0 Å². The van der Waals surface area contributed by atoms with Crippen molar-refractivity contribution in [1.29, 1.82) is 0 Å². The molecule has 0 fully saturated rings. The number of thiol groups is 1. The monoisotopic (exact) mass is 233 g/mol. The molecule has 0 saturated carbocycles. The van der Waals surface area contributed by atoms with Gasteiger partial charge in [0.15, 0.2) is 0 Å². The first-order valence-electron chi connectivity index (χ1n) is 4.86. The molecular weight excluding hydrogens is 218 g/mol. The van der Waals surface area contributed by atoms with Crippen LogP contribution in [0.3, 0.4) is 0 Å². The van der Waals surface area contributed by atoms with Crippen molar-refractivity contribution in [3.8, 4) is 11.1 Å². The van der Waals surface area contributed by atoms with E-state index in [1.54, 1.807) is 0 Å². The maximum Gasteiger partial charge on any atom is 0.0319 e. The van der Waals surface area contributed by atoms with Gasteiger partial charge in [-0.15, -0.1) is 12.6 Å². The van der Waals surface area contributed by atoms with Gasteiger partial charge >= 0.3 is 0 Å². The molecule has 16 heavy (non-hydrogen) atoms. The minimum absolute atomic E-state index is 0.783. The molecule has 0 aliphatic carbocycles. The molecule has 0 aliphatic rings. The van der Waals surface area contributed by atoms with Crippen LogP contribution in [0.2, 0.25) is 0 Å². The van der Waals surface area contributed by atoms with Crippen LogP contribution in [0.4, 0.5) is 5.69 Å². The van der Waals surface area contributed by atoms with E-state index in [2.05, 4.69) is 12.6 Å². The highest BCUT2D eigenvalue weighted by molar-refractivity contribution is 7.80. The van der Waals surface area contributed by atoms with Gasteiger partial charge in [0.2, 0.25) is 0 Å². The predicted octanol–water partition coefficient (Wildman–Crippen LogP) is 2.83. The second-order valence-electron chi connectivity index (χ2n) is 3.14. The van der Waals surface area contributed by atoms with Crippen molar-refractivity contribution in [3.63, 3.8) is 0 Å². The van der Waals surface area contributed by atoms with E-state index in [0.29, 0.717) is 0 Å². The number of nitrogen functional groups attached to an aromatic ring is 1. The highest BCUT2D eigenvalue weighted by Crippen LogP contribution is 2.26. The van der Waals surface area contributed by atoms with Gasteiger partial charge in [0.1, 0.15) is 0 Å². The molecule has 84 valence electrons.